The molecule has 2 aliphatic rings. The van der Waals surface area contributed by atoms with Crippen molar-refractivity contribution in [3.8, 4) is 5.75 Å². The lowest BCUT2D eigenvalue weighted by atomic mass is 9.85. The first-order valence-electron chi connectivity index (χ1n) is 13.3. The van der Waals surface area contributed by atoms with Crippen LogP contribution < -0.4 is 4.74 Å². The summed E-state index contributed by atoms with van der Waals surface area (Å²) in [7, 11) is 2.08. The Morgan fingerprint density at radius 3 is 2.15 bits per heavy atom. The fraction of sp³-hybridized carbons (Fsp3) is 0.679. The minimum atomic E-state index is -1.29. The minimum Gasteiger partial charge on any atom is -0.484 e. The second-order valence-electron chi connectivity index (χ2n) is 11.5. The van der Waals surface area contributed by atoms with Crippen molar-refractivity contribution in [1.82, 2.24) is 9.80 Å². The molecule has 0 aromatic heterocycles. The molecule has 1 amide bonds. The molecule has 9 nitrogen and oxygen atoms in total. The van der Waals surface area contributed by atoms with Crippen LogP contribution in [0.25, 0.3) is 0 Å². The number of ether oxygens (including phenoxy) is 4. The average Bonchev–Trinajstić information content (AvgIpc) is 2.84. The molecule has 1 saturated heterocycles. The summed E-state index contributed by atoms with van der Waals surface area (Å²) in [4.78, 5) is 40.6. The molecule has 3 rings (SSSR count). The Hall–Kier alpha value is -2.95. The fourth-order valence-corrected chi connectivity index (χ4v) is 5.06. The van der Waals surface area contributed by atoms with Crippen molar-refractivity contribution in [2.24, 2.45) is 5.92 Å². The van der Waals surface area contributed by atoms with Crippen molar-refractivity contribution in [3.63, 3.8) is 0 Å². The number of esters is 2. The summed E-state index contributed by atoms with van der Waals surface area (Å²) in [5, 5.41) is 0. The number of carbonyl (C=O) groups is 3. The van der Waals surface area contributed by atoms with E-state index in [0.29, 0.717) is 31.8 Å². The molecule has 0 atom stereocenters. The monoisotopic (exact) mass is 554 g/mol. The molecule has 1 aromatic rings. The maximum atomic E-state index is 15.2. The van der Waals surface area contributed by atoms with Gasteiger partial charge in [0.05, 0.1) is 19.8 Å². The predicted octanol–water partition coefficient (Wildman–Crippen LogP) is 4.81. The first-order valence-corrected chi connectivity index (χ1v) is 13.3. The smallest absolute Gasteiger partial charge is 0.410 e. The first kappa shape index (κ1) is 30.6. The Labute approximate surface area is 228 Å². The number of rotatable bonds is 8. The lowest BCUT2D eigenvalue weighted by molar-refractivity contribution is -0.0158. The molecule has 1 heterocycles. The van der Waals surface area contributed by atoms with Crippen molar-refractivity contribution in [2.75, 3.05) is 33.9 Å². The van der Waals surface area contributed by atoms with E-state index >= 15 is 4.39 Å². The van der Waals surface area contributed by atoms with E-state index in [-0.39, 0.29) is 18.2 Å². The molecule has 218 valence electrons. The van der Waals surface area contributed by atoms with Gasteiger partial charge in [-0.25, -0.2) is 23.2 Å². The molecule has 0 bridgehead atoms. The van der Waals surface area contributed by atoms with E-state index in [1.807, 2.05) is 20.8 Å². The van der Waals surface area contributed by atoms with Crippen LogP contribution in [0.4, 0.5) is 13.6 Å². The second kappa shape index (κ2) is 12.5. The topological polar surface area (TPSA) is 94.6 Å². The van der Waals surface area contributed by atoms with Crippen LogP contribution in [0.2, 0.25) is 0 Å². The SMILES string of the molecule is COC(=O)c1cc(F)c(O[C@H]2C[C@H](N(CC3CCN(C(=O)OC(C)(C)C)CC3)C(C)C)C2)c(F)c1C(=O)OC. The van der Waals surface area contributed by atoms with Gasteiger partial charge in [-0.15, -0.1) is 0 Å². The van der Waals surface area contributed by atoms with Gasteiger partial charge in [0.1, 0.15) is 17.3 Å². The largest absolute Gasteiger partial charge is 0.484 e. The highest BCUT2D eigenvalue weighted by Crippen LogP contribution is 2.36. The molecule has 2 fully saturated rings. The number of hydrogen-bond donors (Lipinski definition) is 0. The Kier molecular flexibility index (Phi) is 9.79. The number of carbonyl (C=O) groups excluding carboxylic acids is 3. The lowest BCUT2D eigenvalue weighted by Crippen LogP contribution is -2.54. The summed E-state index contributed by atoms with van der Waals surface area (Å²) in [6.07, 6.45) is 2.11. The van der Waals surface area contributed by atoms with Gasteiger partial charge in [-0.3, -0.25) is 4.90 Å². The molecular weight excluding hydrogens is 514 g/mol. The number of methoxy groups -OCH3 is 2. The third-order valence-corrected chi connectivity index (χ3v) is 7.19. The highest BCUT2D eigenvalue weighted by molar-refractivity contribution is 6.03. The van der Waals surface area contributed by atoms with Gasteiger partial charge in [0.2, 0.25) is 0 Å². The molecular formula is C28H40F2N2O7. The maximum absolute atomic E-state index is 15.2. The maximum Gasteiger partial charge on any atom is 0.410 e. The minimum absolute atomic E-state index is 0.166. The number of amides is 1. The summed E-state index contributed by atoms with van der Waals surface area (Å²) in [5.74, 6) is -4.88. The number of halogens is 2. The van der Waals surface area contributed by atoms with Crippen LogP contribution in [-0.4, -0.2) is 85.5 Å². The zero-order valence-corrected chi connectivity index (χ0v) is 23.8. The van der Waals surface area contributed by atoms with Gasteiger partial charge < -0.3 is 23.8 Å². The van der Waals surface area contributed by atoms with Crippen molar-refractivity contribution in [1.29, 1.82) is 0 Å². The van der Waals surface area contributed by atoms with Gasteiger partial charge in [0.15, 0.2) is 17.4 Å². The predicted molar refractivity (Wildman–Crippen MR) is 139 cm³/mol. The van der Waals surface area contributed by atoms with Gasteiger partial charge >= 0.3 is 18.0 Å². The van der Waals surface area contributed by atoms with Gasteiger partial charge in [-0.1, -0.05) is 0 Å². The van der Waals surface area contributed by atoms with E-state index in [1.54, 1.807) is 4.90 Å². The normalized spacial score (nSPS) is 20.0. The van der Waals surface area contributed by atoms with Gasteiger partial charge in [0.25, 0.3) is 0 Å². The summed E-state index contributed by atoms with van der Waals surface area (Å²) in [5.41, 5.74) is -1.82. The molecule has 39 heavy (non-hydrogen) atoms. The standard InChI is InChI=1S/C28H40F2N2O7/c1-16(2)32(15-17-8-10-31(11-9-17)27(35)39-28(3,4)5)18-12-19(13-18)38-24-21(29)14-20(25(33)36-6)22(23(24)30)26(34)37-7/h14,16-19H,8-13,15H2,1-7H3/t18-,19-. The van der Waals surface area contributed by atoms with Crippen molar-refractivity contribution in [3.05, 3.63) is 28.8 Å². The van der Waals surface area contributed by atoms with Crippen LogP contribution in [0.3, 0.4) is 0 Å². The van der Waals surface area contributed by atoms with Crippen LogP contribution in [0.15, 0.2) is 6.07 Å². The Morgan fingerprint density at radius 1 is 1.05 bits per heavy atom. The number of piperidine rings is 1. The average molecular weight is 555 g/mol. The molecule has 0 spiro atoms. The van der Waals surface area contributed by atoms with Crippen LogP contribution in [-0.2, 0) is 14.2 Å². The van der Waals surface area contributed by atoms with Crippen LogP contribution in [0.5, 0.6) is 5.75 Å². The summed E-state index contributed by atoms with van der Waals surface area (Å²) in [6.45, 7) is 11.9. The van der Waals surface area contributed by atoms with Crippen molar-refractivity contribution >= 4 is 18.0 Å². The van der Waals surface area contributed by atoms with Gasteiger partial charge in [-0.2, -0.15) is 0 Å². The van der Waals surface area contributed by atoms with E-state index in [1.165, 1.54) is 0 Å². The lowest BCUT2D eigenvalue weighted by Gasteiger charge is -2.46. The zero-order valence-electron chi connectivity index (χ0n) is 23.8. The molecule has 1 aliphatic carbocycles. The van der Waals surface area contributed by atoms with Crippen molar-refractivity contribution < 1.29 is 42.1 Å². The number of hydrogen-bond acceptors (Lipinski definition) is 8. The third kappa shape index (κ3) is 7.38. The molecule has 0 unspecified atom stereocenters. The number of likely N-dealkylation sites (tertiary alicyclic amines) is 1. The van der Waals surface area contributed by atoms with E-state index in [9.17, 15) is 18.8 Å². The second-order valence-corrected chi connectivity index (χ2v) is 11.5. The Bertz CT molecular complexity index is 1060. The van der Waals surface area contributed by atoms with E-state index in [0.717, 1.165) is 39.7 Å². The van der Waals surface area contributed by atoms with Gasteiger partial charge in [0, 0.05) is 44.6 Å². The Morgan fingerprint density at radius 2 is 1.64 bits per heavy atom. The van der Waals surface area contributed by atoms with E-state index < -0.39 is 52.2 Å². The summed E-state index contributed by atoms with van der Waals surface area (Å²) in [6, 6.07) is 1.15. The van der Waals surface area contributed by atoms with Crippen LogP contribution >= 0.6 is 0 Å². The molecule has 1 saturated carbocycles. The number of nitrogens with zero attached hydrogens (tertiary/aromatic N) is 2. The van der Waals surface area contributed by atoms with Crippen LogP contribution in [0, 0.1) is 17.6 Å². The highest BCUT2D eigenvalue weighted by atomic mass is 19.1. The van der Waals surface area contributed by atoms with Crippen molar-refractivity contribution in [2.45, 2.75) is 84.1 Å². The van der Waals surface area contributed by atoms with E-state index in [2.05, 4.69) is 28.2 Å². The Balaban J connectivity index is 1.61. The molecule has 1 aliphatic heterocycles. The highest BCUT2D eigenvalue weighted by Gasteiger charge is 2.39. The zero-order chi connectivity index (χ0) is 29.1. The van der Waals surface area contributed by atoms with Gasteiger partial charge in [-0.05, 0) is 59.4 Å². The third-order valence-electron chi connectivity index (χ3n) is 7.19. The summed E-state index contributed by atoms with van der Waals surface area (Å²) >= 11 is 0. The van der Waals surface area contributed by atoms with Crippen LogP contribution in [0.1, 0.15) is 81.0 Å². The van der Waals surface area contributed by atoms with E-state index in [4.69, 9.17) is 9.47 Å². The molecule has 1 aromatic carbocycles. The molecule has 0 radical (unpaired) electrons. The summed E-state index contributed by atoms with van der Waals surface area (Å²) < 4.78 is 50.2. The quantitative estimate of drug-likeness (QED) is 0.334. The first-order chi connectivity index (χ1) is 18.2. The molecule has 11 heteroatoms. The fourth-order valence-electron chi connectivity index (χ4n) is 5.06. The molecule has 0 N–H and O–H groups in total. The number of benzene rings is 1.